The molecule has 1 aromatic rings. The highest BCUT2D eigenvalue weighted by Gasteiger charge is 2.21. The van der Waals surface area contributed by atoms with Crippen LogP contribution in [-0.4, -0.2) is 34.3 Å². The van der Waals surface area contributed by atoms with Crippen molar-refractivity contribution in [1.82, 2.24) is 15.2 Å². The van der Waals surface area contributed by atoms with Gasteiger partial charge in [0.2, 0.25) is 5.95 Å². The second kappa shape index (κ2) is 6.89. The maximum atomic E-state index is 5.93. The summed E-state index contributed by atoms with van der Waals surface area (Å²) in [7, 11) is 0. The molecule has 0 spiro atoms. The van der Waals surface area contributed by atoms with E-state index in [0.717, 1.165) is 44.1 Å². The molecule has 0 bridgehead atoms. The summed E-state index contributed by atoms with van der Waals surface area (Å²) < 4.78 is 0. The average molecular weight is 265 g/mol. The number of piperidine rings is 1. The van der Waals surface area contributed by atoms with Crippen molar-refractivity contribution < 1.29 is 0 Å². The van der Waals surface area contributed by atoms with Crippen LogP contribution in [0, 0.1) is 0 Å². The van der Waals surface area contributed by atoms with Crippen molar-refractivity contribution in [2.24, 2.45) is 5.73 Å². The molecular formula is C14H27N5. The quantitative estimate of drug-likeness (QED) is 0.828. The van der Waals surface area contributed by atoms with Crippen molar-refractivity contribution in [1.29, 1.82) is 0 Å². The molecule has 5 heteroatoms. The number of unbranched alkanes of at least 4 members (excludes halogenated alkanes) is 1. The van der Waals surface area contributed by atoms with Crippen LogP contribution in [0.15, 0.2) is 0 Å². The van der Waals surface area contributed by atoms with Gasteiger partial charge in [-0.3, -0.25) is 5.10 Å². The molecule has 0 amide bonds. The van der Waals surface area contributed by atoms with Crippen molar-refractivity contribution in [3.8, 4) is 0 Å². The molecule has 1 aromatic heterocycles. The first-order valence-electron chi connectivity index (χ1n) is 7.67. The number of nitrogens with one attached hydrogen (secondary N) is 1. The summed E-state index contributed by atoms with van der Waals surface area (Å²) in [6.07, 6.45) is 6.90. The van der Waals surface area contributed by atoms with Crippen LogP contribution in [-0.2, 0) is 0 Å². The second-order valence-corrected chi connectivity index (χ2v) is 5.59. The third-order valence-electron chi connectivity index (χ3n) is 4.10. The minimum absolute atomic E-state index is 0.350. The number of rotatable bonds is 6. The molecule has 0 aliphatic carbocycles. The Hall–Kier alpha value is -1.10. The Morgan fingerprint density at radius 3 is 2.74 bits per heavy atom. The Bertz CT molecular complexity index is 348. The lowest BCUT2D eigenvalue weighted by atomic mass is 9.99. The number of hydrogen-bond acceptors (Lipinski definition) is 4. The van der Waals surface area contributed by atoms with Crippen LogP contribution in [0.25, 0.3) is 0 Å². The molecule has 1 aliphatic heterocycles. The lowest BCUT2D eigenvalue weighted by Gasteiger charge is -2.28. The molecule has 1 unspecified atom stereocenters. The minimum Gasteiger partial charge on any atom is -0.339 e. The third kappa shape index (κ3) is 3.69. The largest absolute Gasteiger partial charge is 0.339 e. The summed E-state index contributed by atoms with van der Waals surface area (Å²) in [5.41, 5.74) is 5.93. The van der Waals surface area contributed by atoms with E-state index in [1.165, 1.54) is 19.3 Å². The Morgan fingerprint density at radius 2 is 2.11 bits per heavy atom. The zero-order valence-electron chi connectivity index (χ0n) is 12.2. The van der Waals surface area contributed by atoms with Gasteiger partial charge in [0.05, 0.1) is 0 Å². The number of hydrogen-bond donors (Lipinski definition) is 2. The second-order valence-electron chi connectivity index (χ2n) is 5.59. The molecule has 3 N–H and O–H groups in total. The topological polar surface area (TPSA) is 70.8 Å². The van der Waals surface area contributed by atoms with Crippen molar-refractivity contribution in [3.63, 3.8) is 0 Å². The Balaban J connectivity index is 1.97. The van der Waals surface area contributed by atoms with E-state index < -0.39 is 0 Å². The lowest BCUT2D eigenvalue weighted by molar-refractivity contribution is 0.495. The molecule has 2 rings (SSSR count). The van der Waals surface area contributed by atoms with Gasteiger partial charge in [0, 0.05) is 25.0 Å². The highest BCUT2D eigenvalue weighted by atomic mass is 15.4. The van der Waals surface area contributed by atoms with E-state index in [1.54, 1.807) is 0 Å². The number of aromatic amines is 1. The van der Waals surface area contributed by atoms with Crippen LogP contribution in [0.3, 0.4) is 0 Å². The van der Waals surface area contributed by atoms with Crippen LogP contribution in [0.5, 0.6) is 0 Å². The van der Waals surface area contributed by atoms with E-state index in [-0.39, 0.29) is 0 Å². The molecule has 1 aliphatic rings. The third-order valence-corrected chi connectivity index (χ3v) is 4.10. The maximum Gasteiger partial charge on any atom is 0.244 e. The monoisotopic (exact) mass is 265 g/mol. The van der Waals surface area contributed by atoms with Gasteiger partial charge in [0.15, 0.2) is 0 Å². The van der Waals surface area contributed by atoms with Crippen LogP contribution in [0.2, 0.25) is 0 Å². The zero-order chi connectivity index (χ0) is 13.7. The van der Waals surface area contributed by atoms with Gasteiger partial charge < -0.3 is 10.6 Å². The summed E-state index contributed by atoms with van der Waals surface area (Å²) in [4.78, 5) is 6.95. The van der Waals surface area contributed by atoms with E-state index in [9.17, 15) is 0 Å². The summed E-state index contributed by atoms with van der Waals surface area (Å²) in [5, 5.41) is 7.53. The molecule has 108 valence electrons. The molecule has 0 aromatic carbocycles. The molecular weight excluding hydrogens is 238 g/mol. The van der Waals surface area contributed by atoms with Crippen molar-refractivity contribution in [2.45, 2.75) is 64.3 Å². The van der Waals surface area contributed by atoms with Gasteiger partial charge in [0.1, 0.15) is 5.82 Å². The van der Waals surface area contributed by atoms with E-state index in [0.29, 0.717) is 12.0 Å². The lowest BCUT2D eigenvalue weighted by Crippen LogP contribution is -2.40. The molecule has 19 heavy (non-hydrogen) atoms. The van der Waals surface area contributed by atoms with Gasteiger partial charge in [-0.05, 0) is 25.7 Å². The van der Waals surface area contributed by atoms with Crippen molar-refractivity contribution in [3.05, 3.63) is 5.82 Å². The fourth-order valence-corrected chi connectivity index (χ4v) is 2.67. The van der Waals surface area contributed by atoms with Crippen LogP contribution in [0.4, 0.5) is 5.95 Å². The van der Waals surface area contributed by atoms with E-state index in [1.807, 2.05) is 0 Å². The number of nitrogens with zero attached hydrogens (tertiary/aromatic N) is 3. The first-order chi connectivity index (χ1) is 9.24. The SMILES string of the molecule is CCCCC(CC)c1nc(N2CCC(N)CC2)n[nH]1. The number of anilines is 1. The summed E-state index contributed by atoms with van der Waals surface area (Å²) in [5.74, 6) is 2.44. The van der Waals surface area contributed by atoms with E-state index in [2.05, 4.69) is 28.9 Å². The van der Waals surface area contributed by atoms with Gasteiger partial charge >= 0.3 is 0 Å². The Labute approximate surface area is 116 Å². The summed E-state index contributed by atoms with van der Waals surface area (Å²) >= 11 is 0. The van der Waals surface area contributed by atoms with Crippen molar-refractivity contribution in [2.75, 3.05) is 18.0 Å². The maximum absolute atomic E-state index is 5.93. The van der Waals surface area contributed by atoms with Crippen LogP contribution >= 0.6 is 0 Å². The number of aromatic nitrogens is 3. The van der Waals surface area contributed by atoms with Crippen LogP contribution in [0.1, 0.15) is 64.1 Å². The van der Waals surface area contributed by atoms with Gasteiger partial charge in [-0.15, -0.1) is 5.10 Å². The summed E-state index contributed by atoms with van der Waals surface area (Å²) in [6, 6.07) is 0.350. The highest BCUT2D eigenvalue weighted by Crippen LogP contribution is 2.24. The molecule has 0 radical (unpaired) electrons. The van der Waals surface area contributed by atoms with Gasteiger partial charge in [0.25, 0.3) is 0 Å². The molecule has 5 nitrogen and oxygen atoms in total. The van der Waals surface area contributed by atoms with Crippen molar-refractivity contribution >= 4 is 5.95 Å². The zero-order valence-corrected chi connectivity index (χ0v) is 12.2. The number of H-pyrrole nitrogens is 1. The molecule has 1 saturated heterocycles. The van der Waals surface area contributed by atoms with E-state index in [4.69, 9.17) is 10.7 Å². The Morgan fingerprint density at radius 1 is 1.37 bits per heavy atom. The predicted molar refractivity (Wildman–Crippen MR) is 78.4 cm³/mol. The van der Waals surface area contributed by atoms with Gasteiger partial charge in [-0.25, -0.2) is 0 Å². The smallest absolute Gasteiger partial charge is 0.244 e. The molecule has 1 atom stereocenters. The first-order valence-corrected chi connectivity index (χ1v) is 7.67. The van der Waals surface area contributed by atoms with E-state index >= 15 is 0 Å². The molecule has 0 saturated carbocycles. The first kappa shape index (κ1) is 14.3. The number of nitrogens with two attached hydrogens (primary N) is 1. The normalized spacial score (nSPS) is 18.8. The Kier molecular flexibility index (Phi) is 5.19. The molecule has 1 fully saturated rings. The van der Waals surface area contributed by atoms with Crippen LogP contribution < -0.4 is 10.6 Å². The van der Waals surface area contributed by atoms with Gasteiger partial charge in [-0.1, -0.05) is 26.7 Å². The van der Waals surface area contributed by atoms with Gasteiger partial charge in [-0.2, -0.15) is 4.98 Å². The fraction of sp³-hybridized carbons (Fsp3) is 0.857. The molecule has 2 heterocycles. The summed E-state index contributed by atoms with van der Waals surface area (Å²) in [6.45, 7) is 6.41. The minimum atomic E-state index is 0.350. The highest BCUT2D eigenvalue weighted by molar-refractivity contribution is 5.30. The predicted octanol–water partition coefficient (Wildman–Crippen LogP) is 2.42. The fourth-order valence-electron chi connectivity index (χ4n) is 2.67. The average Bonchev–Trinajstić information content (AvgIpc) is 2.90. The standard InChI is InChI=1S/C14H27N5/c1-3-5-6-11(4-2)13-16-14(18-17-13)19-9-7-12(15)8-10-19/h11-12H,3-10,15H2,1-2H3,(H,16,17,18).